The van der Waals surface area contributed by atoms with Crippen LogP contribution in [0.1, 0.15) is 5.56 Å². The Hall–Kier alpha value is -2.70. The molecule has 0 saturated heterocycles. The zero-order valence-corrected chi connectivity index (χ0v) is 11.0. The molecule has 0 aliphatic rings. The van der Waals surface area contributed by atoms with Crippen LogP contribution in [0, 0.1) is 17.0 Å². The zero-order chi connectivity index (χ0) is 14.9. The van der Waals surface area contributed by atoms with Crippen LogP contribution in [0.5, 0.6) is 0 Å². The fourth-order valence-corrected chi connectivity index (χ4v) is 2.16. The van der Waals surface area contributed by atoms with Crippen LogP contribution in [0.25, 0.3) is 10.8 Å². The lowest BCUT2D eigenvalue weighted by atomic mass is 10.1. The molecule has 0 radical (unpaired) electrons. The summed E-state index contributed by atoms with van der Waals surface area (Å²) in [4.78, 5) is 27.1. The molecule has 0 atom stereocenters. The lowest BCUT2D eigenvalue weighted by Gasteiger charge is -2.17. The predicted molar refractivity (Wildman–Crippen MR) is 74.0 cm³/mol. The number of aromatic nitrogens is 1. The lowest BCUT2D eigenvalue weighted by molar-refractivity contribution is -0.383. The Morgan fingerprint density at radius 3 is 2.70 bits per heavy atom. The van der Waals surface area contributed by atoms with Gasteiger partial charge in [-0.05, 0) is 19.1 Å². The number of anilines is 1. The van der Waals surface area contributed by atoms with E-state index in [4.69, 9.17) is 5.11 Å². The second-order valence-electron chi connectivity index (χ2n) is 4.47. The number of benzene rings is 1. The predicted octanol–water partition coefficient (Wildman–Crippen LogP) is 1.97. The highest BCUT2D eigenvalue weighted by atomic mass is 16.6. The maximum absolute atomic E-state index is 11.2. The summed E-state index contributed by atoms with van der Waals surface area (Å²) < 4.78 is 0. The third-order valence-corrected chi connectivity index (χ3v) is 3.01. The summed E-state index contributed by atoms with van der Waals surface area (Å²) in [5.74, 6) is -0.582. The van der Waals surface area contributed by atoms with Crippen LogP contribution in [0.15, 0.2) is 24.4 Å². The Kier molecular flexibility index (Phi) is 3.51. The number of pyridine rings is 1. The number of hydrogen-bond donors (Lipinski definition) is 1. The van der Waals surface area contributed by atoms with Gasteiger partial charge in [0.05, 0.1) is 10.3 Å². The van der Waals surface area contributed by atoms with E-state index in [0.717, 1.165) is 0 Å². The van der Waals surface area contributed by atoms with E-state index in [2.05, 4.69) is 4.98 Å². The molecule has 0 saturated carbocycles. The second kappa shape index (κ2) is 5.12. The topological polar surface area (TPSA) is 96.6 Å². The highest BCUT2D eigenvalue weighted by molar-refractivity contribution is 5.99. The number of carboxylic acid groups (broad SMARTS) is 1. The molecule has 0 fully saturated rings. The number of fused-ring (bicyclic) bond motifs is 1. The van der Waals surface area contributed by atoms with Crippen LogP contribution >= 0.6 is 0 Å². The quantitative estimate of drug-likeness (QED) is 0.676. The molecule has 104 valence electrons. The van der Waals surface area contributed by atoms with Crippen molar-refractivity contribution in [2.75, 3.05) is 18.5 Å². The highest BCUT2D eigenvalue weighted by Crippen LogP contribution is 2.33. The van der Waals surface area contributed by atoms with Crippen molar-refractivity contribution in [2.24, 2.45) is 0 Å². The number of nitro groups is 1. The molecule has 0 aliphatic heterocycles. The molecule has 20 heavy (non-hydrogen) atoms. The molecule has 0 spiro atoms. The third-order valence-electron chi connectivity index (χ3n) is 3.01. The molecule has 0 aliphatic carbocycles. The van der Waals surface area contributed by atoms with Gasteiger partial charge in [-0.2, -0.15) is 0 Å². The van der Waals surface area contributed by atoms with E-state index >= 15 is 0 Å². The Morgan fingerprint density at radius 2 is 2.10 bits per heavy atom. The van der Waals surface area contributed by atoms with E-state index in [-0.39, 0.29) is 12.2 Å². The van der Waals surface area contributed by atoms with Gasteiger partial charge in [0.25, 0.3) is 5.69 Å². The summed E-state index contributed by atoms with van der Waals surface area (Å²) >= 11 is 0. The third kappa shape index (κ3) is 2.37. The lowest BCUT2D eigenvalue weighted by Crippen LogP contribution is -2.26. The van der Waals surface area contributed by atoms with Crippen LogP contribution < -0.4 is 4.90 Å². The first-order valence-corrected chi connectivity index (χ1v) is 5.87. The molecule has 2 aromatic rings. The molecule has 1 aromatic carbocycles. The van der Waals surface area contributed by atoms with E-state index < -0.39 is 10.9 Å². The Morgan fingerprint density at radius 1 is 1.40 bits per heavy atom. The average Bonchev–Trinajstić information content (AvgIpc) is 2.36. The van der Waals surface area contributed by atoms with Crippen molar-refractivity contribution in [1.82, 2.24) is 4.98 Å². The standard InChI is InChI=1S/C13H13N3O4/c1-8-3-4-10-9(12(8)16(19)20)5-6-14-13(10)15(2)7-11(17)18/h3-6H,7H2,1-2H3,(H,17,18). The summed E-state index contributed by atoms with van der Waals surface area (Å²) in [6.45, 7) is 1.44. The van der Waals surface area contributed by atoms with Gasteiger partial charge in [-0.15, -0.1) is 0 Å². The summed E-state index contributed by atoms with van der Waals surface area (Å²) in [7, 11) is 1.58. The molecule has 0 unspecified atom stereocenters. The Bertz CT molecular complexity index is 699. The van der Waals surface area contributed by atoms with Crippen molar-refractivity contribution in [2.45, 2.75) is 6.92 Å². The van der Waals surface area contributed by atoms with Gasteiger partial charge in [0.1, 0.15) is 12.4 Å². The highest BCUT2D eigenvalue weighted by Gasteiger charge is 2.19. The number of nitro benzene ring substituents is 1. The van der Waals surface area contributed by atoms with E-state index in [1.54, 1.807) is 32.2 Å². The minimum absolute atomic E-state index is 0.0230. The Balaban J connectivity index is 2.68. The van der Waals surface area contributed by atoms with Gasteiger partial charge < -0.3 is 10.0 Å². The molecule has 1 heterocycles. The number of aliphatic carboxylic acids is 1. The first-order chi connectivity index (χ1) is 9.41. The molecule has 0 amide bonds. The molecule has 2 rings (SSSR count). The summed E-state index contributed by atoms with van der Waals surface area (Å²) in [6.07, 6.45) is 1.45. The number of carboxylic acids is 1. The number of hydrogen-bond acceptors (Lipinski definition) is 5. The van der Waals surface area contributed by atoms with Gasteiger partial charge in [0, 0.05) is 24.2 Å². The van der Waals surface area contributed by atoms with Crippen molar-refractivity contribution < 1.29 is 14.8 Å². The monoisotopic (exact) mass is 275 g/mol. The number of nitrogens with zero attached hydrogens (tertiary/aromatic N) is 3. The van der Waals surface area contributed by atoms with E-state index in [9.17, 15) is 14.9 Å². The van der Waals surface area contributed by atoms with Crippen molar-refractivity contribution in [3.8, 4) is 0 Å². The summed E-state index contributed by atoms with van der Waals surface area (Å²) in [5.41, 5.74) is 0.579. The van der Waals surface area contributed by atoms with Gasteiger partial charge in [-0.25, -0.2) is 4.98 Å². The van der Waals surface area contributed by atoms with Gasteiger partial charge in [-0.1, -0.05) is 6.07 Å². The normalized spacial score (nSPS) is 10.5. The van der Waals surface area contributed by atoms with Crippen LogP contribution in [-0.4, -0.2) is 34.6 Å². The van der Waals surface area contributed by atoms with Crippen LogP contribution in [0.3, 0.4) is 0 Å². The molecule has 7 nitrogen and oxygen atoms in total. The van der Waals surface area contributed by atoms with Crippen LogP contribution in [0.2, 0.25) is 0 Å². The fourth-order valence-electron chi connectivity index (χ4n) is 2.16. The van der Waals surface area contributed by atoms with Crippen molar-refractivity contribution in [3.63, 3.8) is 0 Å². The maximum atomic E-state index is 11.2. The Labute approximate surface area is 114 Å². The minimum Gasteiger partial charge on any atom is -0.480 e. The fraction of sp³-hybridized carbons (Fsp3) is 0.231. The molecular weight excluding hydrogens is 262 g/mol. The summed E-state index contributed by atoms with van der Waals surface area (Å²) in [5, 5.41) is 21.0. The molecule has 7 heteroatoms. The first-order valence-electron chi connectivity index (χ1n) is 5.87. The van der Waals surface area contributed by atoms with Gasteiger partial charge in [0.15, 0.2) is 0 Å². The SMILES string of the molecule is Cc1ccc2c(N(C)CC(=O)O)nccc2c1[N+](=O)[O-]. The number of aryl methyl sites for hydroxylation is 1. The average molecular weight is 275 g/mol. The van der Waals surface area contributed by atoms with Crippen molar-refractivity contribution in [3.05, 3.63) is 40.1 Å². The molecule has 1 N–H and O–H groups in total. The molecule has 0 bridgehead atoms. The van der Waals surface area contributed by atoms with E-state index in [1.807, 2.05) is 0 Å². The number of carbonyl (C=O) groups is 1. The largest absolute Gasteiger partial charge is 0.480 e. The van der Waals surface area contributed by atoms with E-state index in [0.29, 0.717) is 22.2 Å². The summed E-state index contributed by atoms with van der Waals surface area (Å²) in [6, 6.07) is 4.93. The first kappa shape index (κ1) is 13.7. The van der Waals surface area contributed by atoms with Crippen LogP contribution in [0.4, 0.5) is 11.5 Å². The van der Waals surface area contributed by atoms with Crippen molar-refractivity contribution >= 4 is 28.2 Å². The zero-order valence-electron chi connectivity index (χ0n) is 11.0. The van der Waals surface area contributed by atoms with Crippen LogP contribution in [-0.2, 0) is 4.79 Å². The van der Waals surface area contributed by atoms with Crippen molar-refractivity contribution in [1.29, 1.82) is 0 Å². The number of rotatable bonds is 4. The minimum atomic E-state index is -0.993. The maximum Gasteiger partial charge on any atom is 0.323 e. The van der Waals surface area contributed by atoms with Gasteiger partial charge in [0.2, 0.25) is 0 Å². The smallest absolute Gasteiger partial charge is 0.323 e. The van der Waals surface area contributed by atoms with Gasteiger partial charge >= 0.3 is 5.97 Å². The molecule has 1 aromatic heterocycles. The van der Waals surface area contributed by atoms with Gasteiger partial charge in [-0.3, -0.25) is 14.9 Å². The second-order valence-corrected chi connectivity index (χ2v) is 4.47. The van der Waals surface area contributed by atoms with E-state index in [1.165, 1.54) is 11.1 Å². The number of likely N-dealkylation sites (N-methyl/N-ethyl adjacent to an activating group) is 1. The molecular formula is C13H13N3O4.